The standard InChI is InChI=1S/C21H25N5OS/c1-15-18(27-14-22-15)19-23-24-20(25(19)2)28-10-6-9-26-12-17-11-21(17,13-26)16-7-4-3-5-8-16/h3-5,7-8,14,17H,6,9-13H2,1-2H3/t17-,21?/m1/s1. The summed E-state index contributed by atoms with van der Waals surface area (Å²) in [5.41, 5.74) is 2.82. The molecule has 0 spiro atoms. The van der Waals surface area contributed by atoms with Gasteiger partial charge in [-0.05, 0) is 37.8 Å². The third-order valence-corrected chi connectivity index (χ3v) is 7.30. The van der Waals surface area contributed by atoms with Crippen LogP contribution in [0.3, 0.4) is 0 Å². The van der Waals surface area contributed by atoms with Gasteiger partial charge in [0.05, 0.1) is 5.69 Å². The molecule has 146 valence electrons. The normalized spacial score (nSPS) is 23.9. The summed E-state index contributed by atoms with van der Waals surface area (Å²) in [4.78, 5) is 6.78. The highest BCUT2D eigenvalue weighted by Gasteiger charge is 2.60. The van der Waals surface area contributed by atoms with Gasteiger partial charge in [-0.15, -0.1) is 10.2 Å². The van der Waals surface area contributed by atoms with Crippen LogP contribution in [0.2, 0.25) is 0 Å². The van der Waals surface area contributed by atoms with E-state index < -0.39 is 0 Å². The highest BCUT2D eigenvalue weighted by molar-refractivity contribution is 7.99. The van der Waals surface area contributed by atoms with Gasteiger partial charge in [0.2, 0.25) is 5.82 Å². The first-order valence-corrected chi connectivity index (χ1v) is 10.9. The monoisotopic (exact) mass is 395 g/mol. The second-order valence-corrected chi connectivity index (χ2v) is 9.05. The minimum absolute atomic E-state index is 0.446. The van der Waals surface area contributed by atoms with Crippen LogP contribution in [0.25, 0.3) is 11.6 Å². The molecule has 2 fully saturated rings. The summed E-state index contributed by atoms with van der Waals surface area (Å²) in [6.45, 7) is 5.54. The van der Waals surface area contributed by atoms with Crippen LogP contribution >= 0.6 is 11.8 Å². The van der Waals surface area contributed by atoms with Crippen molar-refractivity contribution in [3.8, 4) is 11.6 Å². The molecule has 0 N–H and O–H groups in total. The van der Waals surface area contributed by atoms with E-state index in [2.05, 4.69) is 50.4 Å². The first kappa shape index (κ1) is 17.9. The van der Waals surface area contributed by atoms with E-state index in [1.807, 2.05) is 18.5 Å². The molecule has 3 aromatic rings. The van der Waals surface area contributed by atoms with Crippen LogP contribution < -0.4 is 0 Å². The molecule has 2 aliphatic rings. The first-order valence-electron chi connectivity index (χ1n) is 9.88. The third kappa shape index (κ3) is 3.06. The molecule has 28 heavy (non-hydrogen) atoms. The lowest BCUT2D eigenvalue weighted by molar-refractivity contribution is 0.299. The summed E-state index contributed by atoms with van der Waals surface area (Å²) in [6.07, 6.45) is 3.98. The molecule has 5 rings (SSSR count). The maximum atomic E-state index is 5.45. The second-order valence-electron chi connectivity index (χ2n) is 7.99. The van der Waals surface area contributed by atoms with Gasteiger partial charge in [0.15, 0.2) is 17.3 Å². The number of hydrogen-bond acceptors (Lipinski definition) is 6. The number of thioether (sulfide) groups is 1. The van der Waals surface area contributed by atoms with Crippen molar-refractivity contribution >= 4 is 11.8 Å². The molecule has 2 atom stereocenters. The molecule has 1 saturated carbocycles. The number of hydrogen-bond donors (Lipinski definition) is 0. The molecule has 1 aliphatic carbocycles. The molecule has 0 amide bonds. The van der Waals surface area contributed by atoms with Gasteiger partial charge >= 0.3 is 0 Å². The number of aromatic nitrogens is 4. The SMILES string of the molecule is Cc1ncoc1-c1nnc(SCCCN2C[C@H]3CC3(c3ccccc3)C2)n1C. The lowest BCUT2D eigenvalue weighted by atomic mass is 9.95. The molecule has 2 aromatic heterocycles. The number of likely N-dealkylation sites (tertiary alicyclic amines) is 1. The smallest absolute Gasteiger partial charge is 0.202 e. The highest BCUT2D eigenvalue weighted by Crippen LogP contribution is 2.58. The van der Waals surface area contributed by atoms with Crippen LogP contribution in [-0.4, -0.2) is 50.0 Å². The molecule has 1 aromatic carbocycles. The van der Waals surface area contributed by atoms with Crippen LogP contribution in [0, 0.1) is 12.8 Å². The molecule has 6 nitrogen and oxygen atoms in total. The Kier molecular flexibility index (Phi) is 4.51. The van der Waals surface area contributed by atoms with Crippen molar-refractivity contribution < 1.29 is 4.42 Å². The zero-order valence-corrected chi connectivity index (χ0v) is 17.2. The van der Waals surface area contributed by atoms with Crippen LogP contribution in [0.1, 0.15) is 24.1 Å². The Morgan fingerprint density at radius 1 is 1.25 bits per heavy atom. The number of aryl methyl sites for hydroxylation is 1. The van der Waals surface area contributed by atoms with Gasteiger partial charge in [-0.1, -0.05) is 42.1 Å². The van der Waals surface area contributed by atoms with E-state index >= 15 is 0 Å². The number of fused-ring (bicyclic) bond motifs is 1. The van der Waals surface area contributed by atoms with Crippen molar-refractivity contribution in [1.29, 1.82) is 0 Å². The molecular weight excluding hydrogens is 370 g/mol. The maximum absolute atomic E-state index is 5.45. The summed E-state index contributed by atoms with van der Waals surface area (Å²) in [6, 6.07) is 11.1. The van der Waals surface area contributed by atoms with Crippen LogP contribution in [-0.2, 0) is 12.5 Å². The summed E-state index contributed by atoms with van der Waals surface area (Å²) >= 11 is 1.76. The lowest BCUT2D eigenvalue weighted by Crippen LogP contribution is -2.27. The van der Waals surface area contributed by atoms with E-state index in [1.54, 1.807) is 11.8 Å². The van der Waals surface area contributed by atoms with Crippen molar-refractivity contribution in [1.82, 2.24) is 24.6 Å². The van der Waals surface area contributed by atoms with Gasteiger partial charge in [-0.3, -0.25) is 0 Å². The van der Waals surface area contributed by atoms with E-state index in [9.17, 15) is 0 Å². The maximum Gasteiger partial charge on any atom is 0.202 e. The summed E-state index contributed by atoms with van der Waals surface area (Å²) in [7, 11) is 1.98. The van der Waals surface area contributed by atoms with Crippen LogP contribution in [0.5, 0.6) is 0 Å². The molecule has 3 heterocycles. The average molecular weight is 396 g/mol. The van der Waals surface area contributed by atoms with Gasteiger partial charge in [0, 0.05) is 31.3 Å². The molecular formula is C21H25N5OS. The van der Waals surface area contributed by atoms with Crippen LogP contribution in [0.4, 0.5) is 0 Å². The van der Waals surface area contributed by atoms with E-state index in [0.717, 1.165) is 41.3 Å². The number of rotatable bonds is 7. The Hall–Kier alpha value is -2.12. The van der Waals surface area contributed by atoms with E-state index in [4.69, 9.17) is 4.42 Å². The van der Waals surface area contributed by atoms with Crippen molar-refractivity contribution in [3.05, 3.63) is 48.0 Å². The Morgan fingerprint density at radius 3 is 2.89 bits per heavy atom. The first-order chi connectivity index (χ1) is 13.7. The fourth-order valence-electron chi connectivity index (χ4n) is 4.58. The summed E-state index contributed by atoms with van der Waals surface area (Å²) in [5.74, 6) is 3.33. The topological polar surface area (TPSA) is 60.0 Å². The van der Waals surface area contributed by atoms with Crippen LogP contribution in [0.15, 0.2) is 46.3 Å². The number of benzene rings is 1. The van der Waals surface area contributed by atoms with Gasteiger partial charge in [-0.2, -0.15) is 0 Å². The van der Waals surface area contributed by atoms with Crippen molar-refractivity contribution in [3.63, 3.8) is 0 Å². The average Bonchev–Trinajstić information content (AvgIpc) is 3.02. The molecule has 0 bridgehead atoms. The number of nitrogens with zero attached hydrogens (tertiary/aromatic N) is 5. The predicted molar refractivity (Wildman–Crippen MR) is 109 cm³/mol. The highest BCUT2D eigenvalue weighted by atomic mass is 32.2. The summed E-state index contributed by atoms with van der Waals surface area (Å²) in [5, 5.41) is 9.53. The Labute approximate surface area is 169 Å². The quantitative estimate of drug-likeness (QED) is 0.450. The minimum Gasteiger partial charge on any atom is -0.440 e. The molecule has 0 radical (unpaired) electrons. The fourth-order valence-corrected chi connectivity index (χ4v) is 5.42. The third-order valence-electron chi connectivity index (χ3n) is 6.20. The Bertz CT molecular complexity index is 968. The number of oxazole rings is 1. The van der Waals surface area contributed by atoms with Gasteiger partial charge in [-0.25, -0.2) is 4.98 Å². The molecule has 7 heteroatoms. The largest absolute Gasteiger partial charge is 0.440 e. The number of piperidine rings is 1. The van der Waals surface area contributed by atoms with E-state index in [-0.39, 0.29) is 0 Å². The van der Waals surface area contributed by atoms with Crippen molar-refractivity contribution in [2.24, 2.45) is 13.0 Å². The minimum atomic E-state index is 0.446. The fraction of sp³-hybridized carbons (Fsp3) is 0.476. The van der Waals surface area contributed by atoms with E-state index in [0.29, 0.717) is 11.2 Å². The Morgan fingerprint density at radius 2 is 2.11 bits per heavy atom. The lowest BCUT2D eigenvalue weighted by Gasteiger charge is -2.20. The zero-order valence-electron chi connectivity index (χ0n) is 16.3. The Balaban J connectivity index is 1.13. The van der Waals surface area contributed by atoms with Crippen molar-refractivity contribution in [2.75, 3.05) is 25.4 Å². The van der Waals surface area contributed by atoms with Gasteiger partial charge < -0.3 is 13.9 Å². The van der Waals surface area contributed by atoms with Crippen molar-refractivity contribution in [2.45, 2.75) is 30.3 Å². The summed E-state index contributed by atoms with van der Waals surface area (Å²) < 4.78 is 7.44. The molecule has 1 aliphatic heterocycles. The second kappa shape index (κ2) is 7.04. The predicted octanol–water partition coefficient (Wildman–Crippen LogP) is 3.53. The van der Waals surface area contributed by atoms with Gasteiger partial charge in [0.1, 0.15) is 0 Å². The zero-order chi connectivity index (χ0) is 19.1. The van der Waals surface area contributed by atoms with Gasteiger partial charge in [0.25, 0.3) is 0 Å². The van der Waals surface area contributed by atoms with E-state index in [1.165, 1.54) is 31.5 Å². The molecule has 1 saturated heterocycles. The molecule has 1 unspecified atom stereocenters.